The van der Waals surface area contributed by atoms with Gasteiger partial charge in [0.05, 0.1) is 18.2 Å². The first-order valence-corrected chi connectivity index (χ1v) is 4.64. The Hall–Kier alpha value is -1.42. The van der Waals surface area contributed by atoms with Crippen molar-refractivity contribution in [3.8, 4) is 11.5 Å². The molecule has 1 heterocycles. The molecule has 1 aromatic heterocycles. The Morgan fingerprint density at radius 2 is 2.23 bits per heavy atom. The van der Waals surface area contributed by atoms with Crippen molar-refractivity contribution >= 4 is 27.1 Å². The van der Waals surface area contributed by atoms with Crippen LogP contribution in [0.15, 0.2) is 17.5 Å². The molecular weight excluding hydrogens is 186 g/mol. The van der Waals surface area contributed by atoms with Crippen molar-refractivity contribution in [1.82, 2.24) is 0 Å². The van der Waals surface area contributed by atoms with Gasteiger partial charge in [0.2, 0.25) is 0 Å². The fourth-order valence-electron chi connectivity index (χ4n) is 1.30. The first kappa shape index (κ1) is 8.19. The van der Waals surface area contributed by atoms with Gasteiger partial charge in [0.25, 0.3) is 0 Å². The number of fused-ring (bicyclic) bond motifs is 1. The summed E-state index contributed by atoms with van der Waals surface area (Å²) in [5, 5.41) is 12.1. The summed E-state index contributed by atoms with van der Waals surface area (Å²) in [5.74, 6) is 0.819. The number of phenolic OH excluding ortho intramolecular Hbond substituents is 1. The van der Waals surface area contributed by atoms with E-state index in [1.165, 1.54) is 11.3 Å². The third-order valence-electron chi connectivity index (χ3n) is 1.87. The van der Waals surface area contributed by atoms with Gasteiger partial charge in [-0.15, -0.1) is 11.3 Å². The van der Waals surface area contributed by atoms with E-state index in [1.54, 1.807) is 19.2 Å². The Morgan fingerprint density at radius 3 is 2.92 bits per heavy atom. The monoisotopic (exact) mass is 195 g/mol. The average Bonchev–Trinajstić information content (AvgIpc) is 2.46. The zero-order chi connectivity index (χ0) is 9.42. The normalized spacial score (nSPS) is 10.5. The van der Waals surface area contributed by atoms with Gasteiger partial charge in [-0.3, -0.25) is 0 Å². The van der Waals surface area contributed by atoms with Crippen LogP contribution in [0.25, 0.3) is 10.1 Å². The number of nitrogens with two attached hydrogens (primary N) is 1. The molecule has 3 N–H and O–H groups in total. The van der Waals surface area contributed by atoms with Gasteiger partial charge < -0.3 is 15.6 Å². The summed E-state index contributed by atoms with van der Waals surface area (Å²) in [6, 6.07) is 3.24. The molecule has 13 heavy (non-hydrogen) atoms. The van der Waals surface area contributed by atoms with Gasteiger partial charge in [-0.1, -0.05) is 0 Å². The summed E-state index contributed by atoms with van der Waals surface area (Å²) >= 11 is 1.49. The van der Waals surface area contributed by atoms with Crippen molar-refractivity contribution in [2.75, 3.05) is 12.8 Å². The van der Waals surface area contributed by atoms with Crippen molar-refractivity contribution in [1.29, 1.82) is 0 Å². The van der Waals surface area contributed by atoms with Crippen LogP contribution in [0.1, 0.15) is 0 Å². The first-order chi connectivity index (χ1) is 6.22. The first-order valence-electron chi connectivity index (χ1n) is 3.76. The highest BCUT2D eigenvalue weighted by molar-refractivity contribution is 7.17. The van der Waals surface area contributed by atoms with Crippen LogP contribution in [-0.2, 0) is 0 Å². The quantitative estimate of drug-likeness (QED) is 0.733. The zero-order valence-electron chi connectivity index (χ0n) is 7.07. The molecule has 2 rings (SSSR count). The molecule has 3 nitrogen and oxygen atoms in total. The van der Waals surface area contributed by atoms with E-state index in [4.69, 9.17) is 10.5 Å². The number of thiophene rings is 1. The lowest BCUT2D eigenvalue weighted by Gasteiger charge is -2.03. The van der Waals surface area contributed by atoms with Crippen molar-refractivity contribution in [3.63, 3.8) is 0 Å². The van der Waals surface area contributed by atoms with E-state index in [9.17, 15) is 5.11 Å². The Bertz CT molecular complexity index is 450. The van der Waals surface area contributed by atoms with Crippen LogP contribution in [-0.4, -0.2) is 12.2 Å². The van der Waals surface area contributed by atoms with Crippen molar-refractivity contribution in [2.45, 2.75) is 0 Å². The van der Waals surface area contributed by atoms with E-state index in [-0.39, 0.29) is 5.75 Å². The van der Waals surface area contributed by atoms with Crippen molar-refractivity contribution in [2.24, 2.45) is 0 Å². The number of rotatable bonds is 1. The molecule has 0 saturated carbocycles. The van der Waals surface area contributed by atoms with E-state index >= 15 is 0 Å². The molecule has 0 aliphatic rings. The molecule has 0 unspecified atom stereocenters. The van der Waals surface area contributed by atoms with Crippen LogP contribution < -0.4 is 10.5 Å². The van der Waals surface area contributed by atoms with Crippen molar-refractivity contribution in [3.05, 3.63) is 17.5 Å². The smallest absolute Gasteiger partial charge is 0.133 e. The highest BCUT2D eigenvalue weighted by Crippen LogP contribution is 2.38. The van der Waals surface area contributed by atoms with E-state index in [2.05, 4.69) is 0 Å². The van der Waals surface area contributed by atoms with Gasteiger partial charge in [-0.05, 0) is 6.07 Å². The molecule has 0 atom stereocenters. The third-order valence-corrected chi connectivity index (χ3v) is 2.82. The minimum atomic E-state index is 0.200. The number of hydrogen-bond donors (Lipinski definition) is 2. The fourth-order valence-corrected chi connectivity index (χ4v) is 2.20. The predicted octanol–water partition coefficient (Wildman–Crippen LogP) is 2.20. The minimum absolute atomic E-state index is 0.200. The number of nitrogen functional groups attached to an aromatic ring is 1. The maximum absolute atomic E-state index is 9.34. The van der Waals surface area contributed by atoms with E-state index in [0.29, 0.717) is 11.4 Å². The van der Waals surface area contributed by atoms with E-state index in [1.807, 2.05) is 5.38 Å². The molecule has 0 fully saturated rings. The Morgan fingerprint density at radius 1 is 1.46 bits per heavy atom. The topological polar surface area (TPSA) is 55.5 Å². The largest absolute Gasteiger partial charge is 0.508 e. The molecule has 0 aliphatic carbocycles. The second-order valence-corrected chi connectivity index (χ2v) is 3.62. The zero-order valence-corrected chi connectivity index (χ0v) is 7.89. The standard InChI is InChI=1S/C9H9NO2S/c1-12-7-2-5(11)3-8-9(7)6(10)4-13-8/h2-4,11H,10H2,1H3. The van der Waals surface area contributed by atoms with Crippen LogP contribution >= 0.6 is 11.3 Å². The van der Waals surface area contributed by atoms with Gasteiger partial charge in [0, 0.05) is 16.1 Å². The van der Waals surface area contributed by atoms with Crippen LogP contribution in [0, 0.1) is 0 Å². The van der Waals surface area contributed by atoms with Crippen LogP contribution in [0.2, 0.25) is 0 Å². The lowest BCUT2D eigenvalue weighted by atomic mass is 10.2. The number of ether oxygens (including phenoxy) is 1. The van der Waals surface area contributed by atoms with Gasteiger partial charge in [-0.25, -0.2) is 0 Å². The molecule has 0 radical (unpaired) electrons. The van der Waals surface area contributed by atoms with Crippen molar-refractivity contribution < 1.29 is 9.84 Å². The summed E-state index contributed by atoms with van der Waals surface area (Å²) in [4.78, 5) is 0. The lowest BCUT2D eigenvalue weighted by molar-refractivity contribution is 0.413. The van der Waals surface area contributed by atoms with Gasteiger partial charge in [-0.2, -0.15) is 0 Å². The second kappa shape index (κ2) is 2.81. The number of anilines is 1. The molecule has 0 spiro atoms. The molecule has 2 aromatic rings. The van der Waals surface area contributed by atoms with E-state index < -0.39 is 0 Å². The Labute approximate surface area is 79.4 Å². The maximum atomic E-state index is 9.34. The molecule has 0 bridgehead atoms. The Balaban J connectivity index is 2.85. The van der Waals surface area contributed by atoms with E-state index in [0.717, 1.165) is 10.1 Å². The summed E-state index contributed by atoms with van der Waals surface area (Å²) in [7, 11) is 1.56. The number of hydrogen-bond acceptors (Lipinski definition) is 4. The summed E-state index contributed by atoms with van der Waals surface area (Å²) in [6.45, 7) is 0. The van der Waals surface area contributed by atoms with Gasteiger partial charge >= 0.3 is 0 Å². The summed E-state index contributed by atoms with van der Waals surface area (Å²) in [6.07, 6.45) is 0. The minimum Gasteiger partial charge on any atom is -0.508 e. The van der Waals surface area contributed by atoms with Gasteiger partial charge in [0.15, 0.2) is 0 Å². The SMILES string of the molecule is COc1cc(O)cc2scc(N)c12. The molecule has 0 amide bonds. The maximum Gasteiger partial charge on any atom is 0.133 e. The second-order valence-electron chi connectivity index (χ2n) is 2.71. The Kier molecular flexibility index (Phi) is 1.77. The molecule has 4 heteroatoms. The number of benzene rings is 1. The summed E-state index contributed by atoms with van der Waals surface area (Å²) in [5.41, 5.74) is 6.44. The highest BCUT2D eigenvalue weighted by atomic mass is 32.1. The highest BCUT2D eigenvalue weighted by Gasteiger charge is 2.08. The summed E-state index contributed by atoms with van der Waals surface area (Å²) < 4.78 is 6.05. The molecule has 1 aromatic carbocycles. The molecular formula is C9H9NO2S. The van der Waals surface area contributed by atoms with Crippen LogP contribution in [0.3, 0.4) is 0 Å². The molecule has 0 aliphatic heterocycles. The molecule has 0 saturated heterocycles. The molecule has 68 valence electrons. The predicted molar refractivity (Wildman–Crippen MR) is 54.5 cm³/mol. The lowest BCUT2D eigenvalue weighted by Crippen LogP contribution is -1.86. The van der Waals surface area contributed by atoms with Crippen LogP contribution in [0.4, 0.5) is 5.69 Å². The number of phenols is 1. The van der Waals surface area contributed by atoms with Gasteiger partial charge in [0.1, 0.15) is 11.5 Å². The number of aromatic hydroxyl groups is 1. The van der Waals surface area contributed by atoms with Crippen LogP contribution in [0.5, 0.6) is 11.5 Å². The third kappa shape index (κ3) is 1.19. The fraction of sp³-hybridized carbons (Fsp3) is 0.111. The average molecular weight is 195 g/mol. The number of methoxy groups -OCH3 is 1.